The normalized spacial score (nSPS) is 13.8. The number of ether oxygens (including phenoxy) is 1. The Morgan fingerprint density at radius 2 is 1.63 bits per heavy atom. The molecule has 1 aromatic carbocycles. The molecule has 0 spiro atoms. The third-order valence-corrected chi connectivity index (χ3v) is 4.60. The number of rotatable bonds is 13. The Balaban J connectivity index is 2.20. The number of unbranched alkanes of at least 4 members (excludes halogenated alkanes) is 1. The minimum absolute atomic E-state index is 0.0872. The number of carbonyl (C=O) groups is 1. The molecule has 27 heavy (non-hydrogen) atoms. The van der Waals surface area contributed by atoms with E-state index in [4.69, 9.17) is 13.8 Å². The van der Waals surface area contributed by atoms with Crippen LogP contribution >= 0.6 is 7.82 Å². The fraction of sp³-hybridized carbons (Fsp3) is 0.526. The van der Waals surface area contributed by atoms with Crippen molar-refractivity contribution in [3.8, 4) is 5.75 Å². The van der Waals surface area contributed by atoms with Crippen LogP contribution in [0.4, 0.5) is 0 Å². The van der Waals surface area contributed by atoms with Gasteiger partial charge in [-0.3, -0.25) is 13.8 Å². The third kappa shape index (κ3) is 10.4. The van der Waals surface area contributed by atoms with Gasteiger partial charge in [0.2, 0.25) is 0 Å². The molecular formula is C19H31NO6P+. The number of carbonyl (C=O) groups excluding carboxylic acids is 1. The number of quaternary nitrogens is 1. The Kier molecular flexibility index (Phi) is 9.36. The molecule has 8 heteroatoms. The van der Waals surface area contributed by atoms with E-state index in [-0.39, 0.29) is 19.0 Å². The minimum atomic E-state index is -4.00. The lowest BCUT2D eigenvalue weighted by Crippen LogP contribution is -2.37. The van der Waals surface area contributed by atoms with E-state index in [0.29, 0.717) is 47.4 Å². The highest BCUT2D eigenvalue weighted by Gasteiger charge is 2.22. The Labute approximate surface area is 161 Å². The zero-order valence-corrected chi connectivity index (χ0v) is 17.5. The number of phosphoric acid groups is 1. The van der Waals surface area contributed by atoms with Crippen molar-refractivity contribution in [3.05, 3.63) is 42.0 Å². The first-order valence-electron chi connectivity index (χ1n) is 8.85. The molecule has 0 aliphatic heterocycles. The van der Waals surface area contributed by atoms with E-state index in [2.05, 4.69) is 6.58 Å². The zero-order chi connectivity index (χ0) is 20.5. The van der Waals surface area contributed by atoms with Crippen LogP contribution in [0.15, 0.2) is 36.4 Å². The zero-order valence-electron chi connectivity index (χ0n) is 16.6. The largest absolute Gasteiger partial charge is 0.494 e. The van der Waals surface area contributed by atoms with Crippen LogP contribution in [-0.2, 0) is 13.6 Å². The molecule has 7 nitrogen and oxygen atoms in total. The molecule has 152 valence electrons. The summed E-state index contributed by atoms with van der Waals surface area (Å²) >= 11 is 0. The Hall–Kier alpha value is -1.50. The van der Waals surface area contributed by atoms with Crippen molar-refractivity contribution in [1.82, 2.24) is 0 Å². The quantitative estimate of drug-likeness (QED) is 0.180. The van der Waals surface area contributed by atoms with Crippen LogP contribution in [0, 0.1) is 0 Å². The summed E-state index contributed by atoms with van der Waals surface area (Å²) in [5.74, 6) is 0.571. The summed E-state index contributed by atoms with van der Waals surface area (Å²) in [6.07, 6.45) is 1.22. The van der Waals surface area contributed by atoms with Gasteiger partial charge >= 0.3 is 7.82 Å². The van der Waals surface area contributed by atoms with E-state index in [9.17, 15) is 14.3 Å². The van der Waals surface area contributed by atoms with Crippen molar-refractivity contribution in [2.24, 2.45) is 0 Å². The lowest BCUT2D eigenvalue weighted by atomic mass is 10.1. The van der Waals surface area contributed by atoms with Gasteiger partial charge in [0.1, 0.15) is 18.9 Å². The van der Waals surface area contributed by atoms with E-state index in [1.165, 1.54) is 0 Å². The fourth-order valence-electron chi connectivity index (χ4n) is 1.99. The molecular weight excluding hydrogens is 369 g/mol. The van der Waals surface area contributed by atoms with Crippen molar-refractivity contribution < 1.29 is 32.5 Å². The van der Waals surface area contributed by atoms with Crippen molar-refractivity contribution in [2.45, 2.75) is 19.8 Å². The lowest BCUT2D eigenvalue weighted by molar-refractivity contribution is -0.870. The van der Waals surface area contributed by atoms with E-state index >= 15 is 0 Å². The Morgan fingerprint density at radius 3 is 2.19 bits per heavy atom. The monoisotopic (exact) mass is 400 g/mol. The smallest absolute Gasteiger partial charge is 0.472 e. The summed E-state index contributed by atoms with van der Waals surface area (Å²) in [6, 6.07) is 6.86. The van der Waals surface area contributed by atoms with Crippen molar-refractivity contribution >= 4 is 13.6 Å². The number of hydrogen-bond acceptors (Lipinski definition) is 5. The third-order valence-electron chi connectivity index (χ3n) is 3.58. The summed E-state index contributed by atoms with van der Waals surface area (Å²) in [6.45, 7) is 6.64. The molecule has 0 fully saturated rings. The number of benzene rings is 1. The topological polar surface area (TPSA) is 82.1 Å². The number of hydrogen-bond donors (Lipinski definition) is 1. The molecule has 0 aromatic heterocycles. The SMILES string of the molecule is C=C(C)C(=O)c1ccc(OCCCCOP(=O)(O)OCC[N+](C)(C)C)cc1. The van der Waals surface area contributed by atoms with E-state index in [1.807, 2.05) is 21.1 Å². The van der Waals surface area contributed by atoms with Gasteiger partial charge in [-0.25, -0.2) is 4.57 Å². The number of allylic oxidation sites excluding steroid dienone is 1. The highest BCUT2D eigenvalue weighted by molar-refractivity contribution is 7.47. The number of phosphoric ester groups is 1. The second kappa shape index (κ2) is 10.7. The second-order valence-corrected chi connectivity index (χ2v) is 8.79. The molecule has 0 amide bonds. The predicted molar refractivity (Wildman–Crippen MR) is 105 cm³/mol. The summed E-state index contributed by atoms with van der Waals surface area (Å²) in [5, 5.41) is 0. The molecule has 1 atom stereocenters. The molecule has 1 N–H and O–H groups in total. The van der Waals surface area contributed by atoms with Crippen LogP contribution in [0.25, 0.3) is 0 Å². The Bertz CT molecular complexity index is 666. The average Bonchev–Trinajstić information content (AvgIpc) is 2.56. The number of likely N-dealkylation sites (N-methyl/N-ethyl adjacent to an activating group) is 1. The molecule has 1 unspecified atom stereocenters. The van der Waals surface area contributed by atoms with E-state index in [0.717, 1.165) is 0 Å². The summed E-state index contributed by atoms with van der Waals surface area (Å²) in [5.41, 5.74) is 1.07. The van der Waals surface area contributed by atoms with Crippen LogP contribution in [0.5, 0.6) is 5.75 Å². The molecule has 0 bridgehead atoms. The molecule has 0 heterocycles. The fourth-order valence-corrected chi connectivity index (χ4v) is 2.74. The van der Waals surface area contributed by atoms with Crippen molar-refractivity contribution in [1.29, 1.82) is 0 Å². The molecule has 1 aromatic rings. The van der Waals surface area contributed by atoms with Gasteiger partial charge in [0.25, 0.3) is 0 Å². The molecule has 1 rings (SSSR count). The van der Waals surface area contributed by atoms with Crippen LogP contribution in [0.2, 0.25) is 0 Å². The van der Waals surface area contributed by atoms with Crippen LogP contribution < -0.4 is 4.74 Å². The first-order valence-corrected chi connectivity index (χ1v) is 10.4. The van der Waals surface area contributed by atoms with Gasteiger partial charge in [-0.15, -0.1) is 0 Å². The van der Waals surface area contributed by atoms with Crippen molar-refractivity contribution in [3.63, 3.8) is 0 Å². The van der Waals surface area contributed by atoms with Gasteiger partial charge in [-0.05, 0) is 49.6 Å². The standard InChI is InChI=1S/C19H30NO6P/c1-16(2)19(21)17-8-10-18(11-9-17)24-13-6-7-14-25-27(22,23)26-15-12-20(3,4)5/h8-11H,1,6-7,12-15H2,2-5H3/p+1. The number of Topliss-reactive ketones (excluding diaryl/α,β-unsaturated/α-hetero) is 1. The molecule has 0 radical (unpaired) electrons. The van der Waals surface area contributed by atoms with Crippen LogP contribution in [-0.4, -0.2) is 62.7 Å². The molecule has 0 saturated carbocycles. The summed E-state index contributed by atoms with van der Waals surface area (Å²) in [7, 11) is 1.91. The summed E-state index contributed by atoms with van der Waals surface area (Å²) in [4.78, 5) is 21.4. The Morgan fingerprint density at radius 1 is 1.07 bits per heavy atom. The second-order valence-electron chi connectivity index (χ2n) is 7.34. The van der Waals surface area contributed by atoms with Crippen LogP contribution in [0.3, 0.4) is 0 Å². The molecule has 0 aliphatic rings. The number of nitrogens with zero attached hydrogens (tertiary/aromatic N) is 1. The lowest BCUT2D eigenvalue weighted by Gasteiger charge is -2.24. The molecule has 0 saturated heterocycles. The van der Waals surface area contributed by atoms with Gasteiger partial charge in [0.05, 0.1) is 34.4 Å². The maximum Gasteiger partial charge on any atom is 0.472 e. The summed E-state index contributed by atoms with van der Waals surface area (Å²) < 4.78 is 27.8. The van der Waals surface area contributed by atoms with E-state index in [1.54, 1.807) is 31.2 Å². The minimum Gasteiger partial charge on any atom is -0.494 e. The predicted octanol–water partition coefficient (Wildman–Crippen LogP) is 3.44. The van der Waals surface area contributed by atoms with Gasteiger partial charge in [0, 0.05) is 5.56 Å². The first kappa shape index (κ1) is 23.5. The molecule has 0 aliphatic carbocycles. The van der Waals surface area contributed by atoms with E-state index < -0.39 is 7.82 Å². The maximum absolute atomic E-state index is 11.8. The van der Waals surface area contributed by atoms with Gasteiger partial charge in [-0.2, -0.15) is 0 Å². The highest BCUT2D eigenvalue weighted by Crippen LogP contribution is 2.43. The van der Waals surface area contributed by atoms with Crippen LogP contribution in [0.1, 0.15) is 30.1 Å². The van der Waals surface area contributed by atoms with Crippen molar-refractivity contribution in [2.75, 3.05) is 47.5 Å². The van der Waals surface area contributed by atoms with Gasteiger partial charge in [0.15, 0.2) is 5.78 Å². The average molecular weight is 400 g/mol. The van der Waals surface area contributed by atoms with Gasteiger partial charge < -0.3 is 14.1 Å². The highest BCUT2D eigenvalue weighted by atomic mass is 31.2. The number of ketones is 1. The van der Waals surface area contributed by atoms with Gasteiger partial charge in [-0.1, -0.05) is 6.58 Å². The maximum atomic E-state index is 11.8. The first-order chi connectivity index (χ1) is 12.5.